The van der Waals surface area contributed by atoms with Gasteiger partial charge in [0.05, 0.1) is 5.69 Å². The minimum Gasteiger partial charge on any atom is -0.339 e. The topological polar surface area (TPSA) is 125 Å². The van der Waals surface area contributed by atoms with Crippen LogP contribution >= 0.6 is 0 Å². The predicted octanol–water partition coefficient (Wildman–Crippen LogP) is 2.48. The lowest BCUT2D eigenvalue weighted by molar-refractivity contribution is -0.116. The number of hydrogen-bond donors (Lipinski definition) is 1. The molecule has 0 spiro atoms. The summed E-state index contributed by atoms with van der Waals surface area (Å²) >= 11 is 0. The first-order valence-corrected chi connectivity index (χ1v) is 10.6. The van der Waals surface area contributed by atoms with Gasteiger partial charge < -0.3 is 9.84 Å². The van der Waals surface area contributed by atoms with E-state index in [-0.39, 0.29) is 42.7 Å². The van der Waals surface area contributed by atoms with Crippen LogP contribution in [0, 0.1) is 12.7 Å². The summed E-state index contributed by atoms with van der Waals surface area (Å²) in [5, 5.41) is 10.7. The smallest absolute Gasteiger partial charge is 0.339 e. The SMILES string of the molecule is CCn1c(=O)c(-c2noc(CCC(=O)Nc3ccc(F)cc3)n2)nn(-c2ccc(C)cc2)c1=O. The number of nitrogens with zero attached hydrogens (tertiary/aromatic N) is 5. The number of carbonyl (C=O) groups is 1. The van der Waals surface area contributed by atoms with Crippen molar-refractivity contribution in [2.24, 2.45) is 0 Å². The number of benzene rings is 2. The van der Waals surface area contributed by atoms with Gasteiger partial charge in [0.15, 0.2) is 5.69 Å². The third-order valence-electron chi connectivity index (χ3n) is 5.03. The fraction of sp³-hybridized carbons (Fsp3) is 0.217. The van der Waals surface area contributed by atoms with Gasteiger partial charge in [0.25, 0.3) is 5.56 Å². The number of nitrogens with one attached hydrogen (secondary N) is 1. The Kier molecular flexibility index (Phi) is 6.44. The van der Waals surface area contributed by atoms with E-state index < -0.39 is 17.1 Å². The molecule has 0 aliphatic heterocycles. The maximum absolute atomic E-state index is 13.0. The molecule has 0 unspecified atom stereocenters. The van der Waals surface area contributed by atoms with E-state index in [1.54, 1.807) is 19.1 Å². The molecular weight excluding hydrogens is 443 g/mol. The normalized spacial score (nSPS) is 10.9. The zero-order valence-corrected chi connectivity index (χ0v) is 18.5. The average molecular weight is 464 g/mol. The van der Waals surface area contributed by atoms with Crippen LogP contribution in [-0.4, -0.2) is 30.4 Å². The van der Waals surface area contributed by atoms with Crippen LogP contribution in [0.4, 0.5) is 10.1 Å². The summed E-state index contributed by atoms with van der Waals surface area (Å²) in [6, 6.07) is 12.5. The molecule has 0 saturated carbocycles. The van der Waals surface area contributed by atoms with Gasteiger partial charge in [-0.15, -0.1) is 0 Å². The van der Waals surface area contributed by atoms with Crippen molar-refractivity contribution >= 4 is 11.6 Å². The van der Waals surface area contributed by atoms with Crippen molar-refractivity contribution in [1.29, 1.82) is 0 Å². The minimum absolute atomic E-state index is 0.0223. The fourth-order valence-electron chi connectivity index (χ4n) is 3.22. The summed E-state index contributed by atoms with van der Waals surface area (Å²) in [6.45, 7) is 3.72. The number of aromatic nitrogens is 5. The van der Waals surface area contributed by atoms with Crippen molar-refractivity contribution in [2.45, 2.75) is 33.2 Å². The van der Waals surface area contributed by atoms with E-state index >= 15 is 0 Å². The molecule has 2 aromatic heterocycles. The van der Waals surface area contributed by atoms with Crippen molar-refractivity contribution in [3.05, 3.63) is 86.6 Å². The average Bonchev–Trinajstić information content (AvgIpc) is 3.29. The molecule has 0 saturated heterocycles. The molecule has 0 bridgehead atoms. The summed E-state index contributed by atoms with van der Waals surface area (Å²) in [5.74, 6) is -0.685. The lowest BCUT2D eigenvalue weighted by Crippen LogP contribution is -2.41. The van der Waals surface area contributed by atoms with Gasteiger partial charge in [-0.05, 0) is 50.2 Å². The van der Waals surface area contributed by atoms with Crippen LogP contribution in [0.25, 0.3) is 17.2 Å². The summed E-state index contributed by atoms with van der Waals surface area (Å²) in [5.41, 5.74) is 0.582. The molecule has 174 valence electrons. The second kappa shape index (κ2) is 9.61. The minimum atomic E-state index is -0.641. The molecule has 2 heterocycles. The van der Waals surface area contributed by atoms with Crippen molar-refractivity contribution in [3.8, 4) is 17.2 Å². The largest absolute Gasteiger partial charge is 0.352 e. The van der Waals surface area contributed by atoms with Crippen molar-refractivity contribution in [1.82, 2.24) is 24.5 Å². The van der Waals surface area contributed by atoms with Crippen molar-refractivity contribution in [3.63, 3.8) is 0 Å². The fourth-order valence-corrected chi connectivity index (χ4v) is 3.22. The Bertz CT molecular complexity index is 1440. The molecule has 2 aromatic carbocycles. The van der Waals surface area contributed by atoms with E-state index in [4.69, 9.17) is 4.52 Å². The van der Waals surface area contributed by atoms with E-state index in [0.717, 1.165) is 14.8 Å². The quantitative estimate of drug-likeness (QED) is 0.445. The second-order valence-corrected chi connectivity index (χ2v) is 7.49. The molecule has 4 rings (SSSR count). The lowest BCUT2D eigenvalue weighted by atomic mass is 10.2. The summed E-state index contributed by atoms with van der Waals surface area (Å²) in [4.78, 5) is 41.9. The van der Waals surface area contributed by atoms with Gasteiger partial charge in [-0.2, -0.15) is 14.8 Å². The Labute approximate surface area is 192 Å². The van der Waals surface area contributed by atoms with Crippen molar-refractivity contribution < 1.29 is 13.7 Å². The number of halogens is 1. The Morgan fingerprint density at radius 3 is 2.47 bits per heavy atom. The first kappa shape index (κ1) is 22.8. The maximum atomic E-state index is 13.0. The number of amides is 1. The van der Waals surface area contributed by atoms with Gasteiger partial charge in [-0.1, -0.05) is 22.9 Å². The molecule has 1 amide bonds. The van der Waals surface area contributed by atoms with E-state index in [0.29, 0.717) is 11.4 Å². The summed E-state index contributed by atoms with van der Waals surface area (Å²) < 4.78 is 20.3. The van der Waals surface area contributed by atoms with Crippen LogP contribution < -0.4 is 16.6 Å². The first-order valence-electron chi connectivity index (χ1n) is 10.6. The molecule has 0 radical (unpaired) electrons. The van der Waals surface area contributed by atoms with E-state index in [1.165, 1.54) is 24.3 Å². The van der Waals surface area contributed by atoms with Crippen LogP contribution in [0.3, 0.4) is 0 Å². The molecule has 11 heteroatoms. The molecule has 0 aliphatic rings. The molecule has 0 atom stereocenters. The Hall–Kier alpha value is -4.41. The Balaban J connectivity index is 1.56. The van der Waals surface area contributed by atoms with Gasteiger partial charge in [0.2, 0.25) is 17.6 Å². The molecule has 0 aliphatic carbocycles. The van der Waals surface area contributed by atoms with Gasteiger partial charge in [0.1, 0.15) is 5.82 Å². The van der Waals surface area contributed by atoms with E-state index in [1.807, 2.05) is 19.1 Å². The molecule has 1 N–H and O–H groups in total. The number of rotatable bonds is 7. The number of aryl methyl sites for hydroxylation is 2. The third kappa shape index (κ3) is 4.82. The van der Waals surface area contributed by atoms with Crippen LogP contribution in [0.1, 0.15) is 24.8 Å². The standard InChI is InChI=1S/C23H21FN6O4/c1-3-29-22(32)20(27-30(23(29)33)17-10-4-14(2)5-11-17)21-26-19(34-28-21)13-12-18(31)25-16-8-6-15(24)7-9-16/h4-11H,3,12-13H2,1-2H3,(H,25,31). The predicted molar refractivity (Wildman–Crippen MR) is 121 cm³/mol. The van der Waals surface area contributed by atoms with Gasteiger partial charge >= 0.3 is 5.69 Å². The third-order valence-corrected chi connectivity index (χ3v) is 5.03. The number of carbonyl (C=O) groups excluding carboxylic acids is 1. The summed E-state index contributed by atoms with van der Waals surface area (Å²) in [6.07, 6.45) is 0.133. The zero-order valence-electron chi connectivity index (χ0n) is 18.5. The Morgan fingerprint density at radius 2 is 1.79 bits per heavy atom. The van der Waals surface area contributed by atoms with Crippen LogP contribution in [-0.2, 0) is 17.8 Å². The van der Waals surface area contributed by atoms with E-state index in [9.17, 15) is 18.8 Å². The summed E-state index contributed by atoms with van der Waals surface area (Å²) in [7, 11) is 0. The van der Waals surface area contributed by atoms with Crippen LogP contribution in [0.5, 0.6) is 0 Å². The first-order chi connectivity index (χ1) is 16.4. The molecule has 0 fully saturated rings. The highest BCUT2D eigenvalue weighted by molar-refractivity contribution is 5.90. The molecule has 10 nitrogen and oxygen atoms in total. The van der Waals surface area contributed by atoms with Gasteiger partial charge in [-0.3, -0.25) is 14.2 Å². The van der Waals surface area contributed by atoms with Gasteiger partial charge in [0, 0.05) is 25.1 Å². The van der Waals surface area contributed by atoms with Crippen LogP contribution in [0.2, 0.25) is 0 Å². The molecule has 4 aromatic rings. The van der Waals surface area contributed by atoms with Crippen molar-refractivity contribution in [2.75, 3.05) is 5.32 Å². The monoisotopic (exact) mass is 464 g/mol. The molecule has 34 heavy (non-hydrogen) atoms. The Morgan fingerprint density at radius 1 is 1.09 bits per heavy atom. The van der Waals surface area contributed by atoms with E-state index in [2.05, 4.69) is 20.6 Å². The van der Waals surface area contributed by atoms with Gasteiger partial charge in [-0.25, -0.2) is 9.18 Å². The number of anilines is 1. The lowest BCUT2D eigenvalue weighted by Gasteiger charge is -2.09. The highest BCUT2D eigenvalue weighted by Crippen LogP contribution is 2.13. The highest BCUT2D eigenvalue weighted by atomic mass is 19.1. The second-order valence-electron chi connectivity index (χ2n) is 7.49. The van der Waals surface area contributed by atoms with Crippen LogP contribution in [0.15, 0.2) is 62.6 Å². The zero-order chi connectivity index (χ0) is 24.2. The maximum Gasteiger partial charge on any atom is 0.352 e. The number of hydrogen-bond acceptors (Lipinski definition) is 7. The highest BCUT2D eigenvalue weighted by Gasteiger charge is 2.20. The molecular formula is C23H21FN6O4.